The van der Waals surface area contributed by atoms with Crippen molar-refractivity contribution in [2.24, 2.45) is 5.73 Å². The number of hydrogen-bond acceptors (Lipinski definition) is 5. The summed E-state index contributed by atoms with van der Waals surface area (Å²) < 4.78 is 9.71. The third kappa shape index (κ3) is 5.37. The third-order valence-corrected chi connectivity index (χ3v) is 1.73. The summed E-state index contributed by atoms with van der Waals surface area (Å²) >= 11 is 0. The Kier molecular flexibility index (Phi) is 6.70. The Morgan fingerprint density at radius 2 is 1.87 bits per heavy atom. The van der Waals surface area contributed by atoms with E-state index in [1.165, 1.54) is 6.92 Å². The Bertz CT molecular complexity index is 215. The highest BCUT2D eigenvalue weighted by molar-refractivity contribution is 5.81. The monoisotopic (exact) mass is 217 g/mol. The summed E-state index contributed by atoms with van der Waals surface area (Å²) in [6.45, 7) is 5.38. The maximum atomic E-state index is 11.4. The number of esters is 2. The van der Waals surface area contributed by atoms with Gasteiger partial charge in [0.25, 0.3) is 0 Å². The summed E-state index contributed by atoms with van der Waals surface area (Å²) in [6, 6.07) is -0.723. The van der Waals surface area contributed by atoms with Crippen LogP contribution in [0, 0.1) is 0 Å². The van der Waals surface area contributed by atoms with Crippen LogP contribution < -0.4 is 5.73 Å². The molecule has 5 heteroatoms. The van der Waals surface area contributed by atoms with Gasteiger partial charge in [0.2, 0.25) is 0 Å². The first-order chi connectivity index (χ1) is 7.02. The van der Waals surface area contributed by atoms with E-state index in [0.717, 1.165) is 6.42 Å². The van der Waals surface area contributed by atoms with Crippen molar-refractivity contribution in [3.05, 3.63) is 0 Å². The first-order valence-electron chi connectivity index (χ1n) is 5.15. The van der Waals surface area contributed by atoms with Crippen LogP contribution in [0.15, 0.2) is 0 Å². The van der Waals surface area contributed by atoms with Gasteiger partial charge in [-0.2, -0.15) is 0 Å². The fourth-order valence-electron chi connectivity index (χ4n) is 0.970. The van der Waals surface area contributed by atoms with E-state index in [9.17, 15) is 9.59 Å². The lowest BCUT2D eigenvalue weighted by Crippen LogP contribution is -2.36. The van der Waals surface area contributed by atoms with Crippen molar-refractivity contribution in [2.75, 3.05) is 6.61 Å². The van der Waals surface area contributed by atoms with Crippen molar-refractivity contribution in [1.82, 2.24) is 0 Å². The summed E-state index contributed by atoms with van der Waals surface area (Å²) in [4.78, 5) is 22.5. The van der Waals surface area contributed by atoms with E-state index in [-0.39, 0.29) is 6.61 Å². The lowest BCUT2D eigenvalue weighted by Gasteiger charge is -2.16. The van der Waals surface area contributed by atoms with Crippen molar-refractivity contribution in [3.63, 3.8) is 0 Å². The van der Waals surface area contributed by atoms with Gasteiger partial charge in [-0.3, -0.25) is 4.79 Å². The quantitative estimate of drug-likeness (QED) is 0.659. The molecule has 0 saturated heterocycles. The zero-order chi connectivity index (χ0) is 11.8. The molecule has 0 aromatic rings. The molecule has 0 aliphatic heterocycles. The fraction of sp³-hybridized carbons (Fsp3) is 0.800. The smallest absolute Gasteiger partial charge is 0.347 e. The van der Waals surface area contributed by atoms with Crippen LogP contribution in [-0.2, 0) is 19.1 Å². The average molecular weight is 217 g/mol. The van der Waals surface area contributed by atoms with E-state index in [2.05, 4.69) is 0 Å². The molecule has 2 N–H and O–H groups in total. The van der Waals surface area contributed by atoms with E-state index in [1.807, 2.05) is 6.92 Å². The molecule has 0 aromatic heterocycles. The van der Waals surface area contributed by atoms with E-state index in [1.54, 1.807) is 6.92 Å². The van der Waals surface area contributed by atoms with Crippen LogP contribution in [0.5, 0.6) is 0 Å². The molecule has 0 aromatic carbocycles. The molecule has 0 aliphatic carbocycles. The minimum atomic E-state index is -0.826. The van der Waals surface area contributed by atoms with Gasteiger partial charge in [-0.05, 0) is 20.3 Å². The molecule has 2 atom stereocenters. The maximum Gasteiger partial charge on any atom is 0.347 e. The predicted octanol–water partition coefficient (Wildman–Crippen LogP) is 0.609. The van der Waals surface area contributed by atoms with Gasteiger partial charge < -0.3 is 15.2 Å². The van der Waals surface area contributed by atoms with Crippen LogP contribution in [-0.4, -0.2) is 30.7 Å². The molecule has 0 unspecified atom stereocenters. The first kappa shape index (κ1) is 13.9. The molecule has 0 amide bonds. The molecular formula is C10H19NO4. The van der Waals surface area contributed by atoms with Crippen LogP contribution in [0.3, 0.4) is 0 Å². The van der Waals surface area contributed by atoms with Crippen molar-refractivity contribution < 1.29 is 19.1 Å². The highest BCUT2D eigenvalue weighted by Crippen LogP contribution is 2.06. The molecule has 5 nitrogen and oxygen atoms in total. The molecule has 0 rings (SSSR count). The fourth-order valence-corrected chi connectivity index (χ4v) is 0.970. The molecule has 0 fully saturated rings. The van der Waals surface area contributed by atoms with Crippen molar-refractivity contribution in [3.8, 4) is 0 Å². The molecule has 0 saturated carbocycles. The number of nitrogens with two attached hydrogens (primary N) is 1. The second-order valence-corrected chi connectivity index (χ2v) is 3.25. The maximum absolute atomic E-state index is 11.4. The SMILES string of the molecule is CCC[C@H](OC(=O)[C@H](C)N)C(=O)OCC. The third-order valence-electron chi connectivity index (χ3n) is 1.73. The summed E-state index contributed by atoms with van der Waals surface area (Å²) in [5, 5.41) is 0. The zero-order valence-corrected chi connectivity index (χ0v) is 9.49. The van der Waals surface area contributed by atoms with Gasteiger partial charge in [0.1, 0.15) is 6.04 Å². The molecule has 0 aliphatic rings. The lowest BCUT2D eigenvalue weighted by molar-refractivity contribution is -0.168. The standard InChI is InChI=1S/C10H19NO4/c1-4-6-8(10(13)14-5-2)15-9(12)7(3)11/h7-8H,4-6,11H2,1-3H3/t7-,8-/m0/s1. The van der Waals surface area contributed by atoms with Crippen molar-refractivity contribution in [2.45, 2.75) is 45.8 Å². The number of carbonyl (C=O) groups excluding carboxylic acids is 2. The van der Waals surface area contributed by atoms with Gasteiger partial charge in [-0.1, -0.05) is 13.3 Å². The predicted molar refractivity (Wildman–Crippen MR) is 55.1 cm³/mol. The lowest BCUT2D eigenvalue weighted by atomic mass is 10.2. The van der Waals surface area contributed by atoms with Gasteiger partial charge in [-0.25, -0.2) is 4.79 Å². The molecular weight excluding hydrogens is 198 g/mol. The van der Waals surface area contributed by atoms with Crippen LogP contribution >= 0.6 is 0 Å². The summed E-state index contributed by atoms with van der Waals surface area (Å²) in [7, 11) is 0. The van der Waals surface area contributed by atoms with E-state index in [4.69, 9.17) is 15.2 Å². The van der Waals surface area contributed by atoms with Crippen molar-refractivity contribution >= 4 is 11.9 Å². The van der Waals surface area contributed by atoms with Gasteiger partial charge in [0, 0.05) is 0 Å². The minimum absolute atomic E-state index is 0.273. The molecule has 0 heterocycles. The topological polar surface area (TPSA) is 78.6 Å². The zero-order valence-electron chi connectivity index (χ0n) is 9.49. The Labute approximate surface area is 89.9 Å². The summed E-state index contributed by atoms with van der Waals surface area (Å²) in [5.74, 6) is -1.09. The minimum Gasteiger partial charge on any atom is -0.463 e. The van der Waals surface area contributed by atoms with Crippen molar-refractivity contribution in [1.29, 1.82) is 0 Å². The molecule has 88 valence electrons. The van der Waals surface area contributed by atoms with Gasteiger partial charge in [0.15, 0.2) is 6.10 Å². The largest absolute Gasteiger partial charge is 0.463 e. The van der Waals surface area contributed by atoms with Gasteiger partial charge >= 0.3 is 11.9 Å². The highest BCUT2D eigenvalue weighted by atomic mass is 16.6. The van der Waals surface area contributed by atoms with Gasteiger partial charge in [-0.15, -0.1) is 0 Å². The van der Waals surface area contributed by atoms with E-state index >= 15 is 0 Å². The second kappa shape index (κ2) is 7.23. The Morgan fingerprint density at radius 3 is 2.27 bits per heavy atom. The highest BCUT2D eigenvalue weighted by Gasteiger charge is 2.24. The number of rotatable bonds is 6. The van der Waals surface area contributed by atoms with Crippen LogP contribution in [0.2, 0.25) is 0 Å². The average Bonchev–Trinajstić information content (AvgIpc) is 2.17. The summed E-state index contributed by atoms with van der Waals surface area (Å²) in [5.41, 5.74) is 5.33. The normalized spacial score (nSPS) is 14.1. The first-order valence-corrected chi connectivity index (χ1v) is 5.15. The molecule has 0 spiro atoms. The Morgan fingerprint density at radius 1 is 1.27 bits per heavy atom. The number of carbonyl (C=O) groups is 2. The molecule has 0 radical (unpaired) electrons. The van der Waals surface area contributed by atoms with Gasteiger partial charge in [0.05, 0.1) is 6.61 Å². The van der Waals surface area contributed by atoms with Crippen LogP contribution in [0.4, 0.5) is 0 Å². The van der Waals surface area contributed by atoms with E-state index in [0.29, 0.717) is 6.42 Å². The number of ether oxygens (including phenoxy) is 2. The Hall–Kier alpha value is -1.10. The molecule has 0 bridgehead atoms. The number of hydrogen-bond donors (Lipinski definition) is 1. The molecule has 15 heavy (non-hydrogen) atoms. The Balaban J connectivity index is 4.26. The summed E-state index contributed by atoms with van der Waals surface area (Å²) in [6.07, 6.45) is 0.362. The van der Waals surface area contributed by atoms with Crippen LogP contribution in [0.25, 0.3) is 0 Å². The second-order valence-electron chi connectivity index (χ2n) is 3.25. The van der Waals surface area contributed by atoms with E-state index < -0.39 is 24.1 Å². The van der Waals surface area contributed by atoms with Crippen LogP contribution in [0.1, 0.15) is 33.6 Å².